The fraction of sp³-hybridized carbons (Fsp3) is 1.00. The maximum atomic E-state index is 10.8. The number of likely N-dealkylation sites (tertiary alicyclic amines) is 1. The van der Waals surface area contributed by atoms with E-state index in [0.717, 1.165) is 38.9 Å². The van der Waals surface area contributed by atoms with Crippen LogP contribution in [0.3, 0.4) is 0 Å². The first kappa shape index (κ1) is 12.3. The molecule has 0 aromatic carbocycles. The zero-order chi connectivity index (χ0) is 11.6. The second-order valence-corrected chi connectivity index (χ2v) is 5.21. The number of piperidine rings is 1. The second-order valence-electron chi connectivity index (χ2n) is 5.21. The lowest BCUT2D eigenvalue weighted by Gasteiger charge is -2.47. The van der Waals surface area contributed by atoms with Crippen LogP contribution in [0.15, 0.2) is 0 Å². The Balaban J connectivity index is 2.07. The van der Waals surface area contributed by atoms with Crippen molar-refractivity contribution in [2.24, 2.45) is 5.41 Å². The zero-order valence-corrected chi connectivity index (χ0v) is 10.1. The van der Waals surface area contributed by atoms with Gasteiger partial charge < -0.3 is 19.8 Å². The van der Waals surface area contributed by atoms with Crippen molar-refractivity contribution in [2.45, 2.75) is 31.8 Å². The molecule has 2 fully saturated rings. The molecule has 0 amide bonds. The van der Waals surface area contributed by atoms with Gasteiger partial charge >= 0.3 is 0 Å². The summed E-state index contributed by atoms with van der Waals surface area (Å²) >= 11 is 0. The lowest BCUT2D eigenvalue weighted by atomic mass is 9.67. The fourth-order valence-corrected chi connectivity index (χ4v) is 3.02. The molecule has 1 unspecified atom stereocenters. The Morgan fingerprint density at radius 2 is 1.94 bits per heavy atom. The smallest absolute Gasteiger partial charge is 0.0773 e. The molecule has 94 valence electrons. The maximum Gasteiger partial charge on any atom is 0.0773 e. The largest absolute Gasteiger partial charge is 0.396 e. The van der Waals surface area contributed by atoms with E-state index in [9.17, 15) is 10.2 Å². The first-order valence-electron chi connectivity index (χ1n) is 6.29. The van der Waals surface area contributed by atoms with Crippen molar-refractivity contribution in [1.82, 2.24) is 4.90 Å². The number of hydrogen-bond donors (Lipinski definition) is 2. The highest BCUT2D eigenvalue weighted by Crippen LogP contribution is 2.44. The van der Waals surface area contributed by atoms with Crippen LogP contribution in [-0.2, 0) is 4.74 Å². The van der Waals surface area contributed by atoms with Crippen LogP contribution < -0.4 is 0 Å². The average Bonchev–Trinajstić information content (AvgIpc) is 2.80. The summed E-state index contributed by atoms with van der Waals surface area (Å²) in [5.41, 5.74) is -1.14. The lowest BCUT2D eigenvalue weighted by Crippen LogP contribution is -2.57. The van der Waals surface area contributed by atoms with E-state index in [1.807, 2.05) is 0 Å². The van der Waals surface area contributed by atoms with Crippen LogP contribution >= 0.6 is 0 Å². The number of ether oxygens (including phenoxy) is 1. The standard InChI is InChI=1S/C12H23NO3/c1-2-13-6-3-12(15,4-7-13)11(9-14)5-8-16-10-11/h14-15H,2-10H2,1H3. The van der Waals surface area contributed by atoms with Crippen LogP contribution in [0.25, 0.3) is 0 Å². The molecule has 4 heteroatoms. The van der Waals surface area contributed by atoms with Gasteiger partial charge in [0.25, 0.3) is 0 Å². The van der Waals surface area contributed by atoms with Gasteiger partial charge in [0, 0.05) is 25.1 Å². The molecule has 1 atom stereocenters. The van der Waals surface area contributed by atoms with Crippen molar-refractivity contribution in [1.29, 1.82) is 0 Å². The molecule has 0 spiro atoms. The van der Waals surface area contributed by atoms with Crippen molar-refractivity contribution in [3.63, 3.8) is 0 Å². The summed E-state index contributed by atoms with van der Waals surface area (Å²) in [6.45, 7) is 6.25. The molecular formula is C12H23NO3. The summed E-state index contributed by atoms with van der Waals surface area (Å²) in [7, 11) is 0. The van der Waals surface area contributed by atoms with E-state index in [0.29, 0.717) is 13.2 Å². The summed E-state index contributed by atoms with van der Waals surface area (Å²) < 4.78 is 5.39. The van der Waals surface area contributed by atoms with Crippen LogP contribution in [0.5, 0.6) is 0 Å². The Hall–Kier alpha value is -0.160. The van der Waals surface area contributed by atoms with E-state index >= 15 is 0 Å². The molecule has 2 heterocycles. The molecular weight excluding hydrogens is 206 g/mol. The van der Waals surface area contributed by atoms with E-state index in [2.05, 4.69) is 11.8 Å². The van der Waals surface area contributed by atoms with Crippen molar-refractivity contribution < 1.29 is 14.9 Å². The number of nitrogens with zero attached hydrogens (tertiary/aromatic N) is 1. The summed E-state index contributed by atoms with van der Waals surface area (Å²) in [6, 6.07) is 0. The predicted octanol–water partition coefficient (Wildman–Crippen LogP) is 0.232. The highest BCUT2D eigenvalue weighted by Gasteiger charge is 2.53. The number of hydrogen-bond acceptors (Lipinski definition) is 4. The minimum Gasteiger partial charge on any atom is -0.396 e. The van der Waals surface area contributed by atoms with Gasteiger partial charge in [0.2, 0.25) is 0 Å². The van der Waals surface area contributed by atoms with Gasteiger partial charge in [-0.25, -0.2) is 0 Å². The van der Waals surface area contributed by atoms with E-state index < -0.39 is 11.0 Å². The normalized spacial score (nSPS) is 35.4. The maximum absolute atomic E-state index is 10.8. The highest BCUT2D eigenvalue weighted by molar-refractivity contribution is 5.03. The van der Waals surface area contributed by atoms with Gasteiger partial charge in [0.1, 0.15) is 0 Å². The highest BCUT2D eigenvalue weighted by atomic mass is 16.5. The Labute approximate surface area is 97.2 Å². The quantitative estimate of drug-likeness (QED) is 0.727. The van der Waals surface area contributed by atoms with Crippen LogP contribution in [-0.4, -0.2) is 60.2 Å². The molecule has 0 aromatic heterocycles. The van der Waals surface area contributed by atoms with Crippen LogP contribution in [0.1, 0.15) is 26.2 Å². The molecule has 2 aliphatic heterocycles. The second kappa shape index (κ2) is 4.61. The third-order valence-electron chi connectivity index (χ3n) is 4.52. The first-order valence-corrected chi connectivity index (χ1v) is 6.29. The van der Waals surface area contributed by atoms with E-state index in [1.54, 1.807) is 0 Å². The van der Waals surface area contributed by atoms with Gasteiger partial charge in [-0.05, 0) is 25.8 Å². The molecule has 2 N–H and O–H groups in total. The topological polar surface area (TPSA) is 52.9 Å². The summed E-state index contributed by atoms with van der Waals surface area (Å²) in [6.07, 6.45) is 2.29. The van der Waals surface area contributed by atoms with Crippen molar-refractivity contribution in [2.75, 3.05) is 39.5 Å². The average molecular weight is 229 g/mol. The monoisotopic (exact) mass is 229 g/mol. The Kier molecular flexibility index (Phi) is 3.54. The van der Waals surface area contributed by atoms with Crippen LogP contribution in [0.2, 0.25) is 0 Å². The Bertz CT molecular complexity index is 230. The SMILES string of the molecule is CCN1CCC(O)(C2(CO)CCOC2)CC1. The van der Waals surface area contributed by atoms with Crippen LogP contribution in [0, 0.1) is 5.41 Å². The number of rotatable bonds is 3. The third-order valence-corrected chi connectivity index (χ3v) is 4.52. The van der Waals surface area contributed by atoms with E-state index in [1.165, 1.54) is 0 Å². The summed E-state index contributed by atoms with van der Waals surface area (Å²) in [5.74, 6) is 0. The molecule has 2 aliphatic rings. The third kappa shape index (κ3) is 1.88. The van der Waals surface area contributed by atoms with Gasteiger partial charge in [0.05, 0.1) is 18.8 Å². The first-order chi connectivity index (χ1) is 7.66. The van der Waals surface area contributed by atoms with E-state index in [-0.39, 0.29) is 6.61 Å². The molecule has 0 radical (unpaired) electrons. The molecule has 0 saturated carbocycles. The minimum atomic E-state index is -0.732. The minimum absolute atomic E-state index is 0.0373. The fourth-order valence-electron chi connectivity index (χ4n) is 3.02. The van der Waals surface area contributed by atoms with Gasteiger partial charge in [0.15, 0.2) is 0 Å². The predicted molar refractivity (Wildman–Crippen MR) is 61.3 cm³/mol. The Morgan fingerprint density at radius 3 is 2.38 bits per heavy atom. The Morgan fingerprint density at radius 1 is 1.25 bits per heavy atom. The number of aliphatic hydroxyl groups is 2. The van der Waals surface area contributed by atoms with Gasteiger partial charge in [-0.1, -0.05) is 6.92 Å². The zero-order valence-electron chi connectivity index (χ0n) is 10.1. The molecule has 0 aliphatic carbocycles. The van der Waals surface area contributed by atoms with Crippen molar-refractivity contribution in [3.05, 3.63) is 0 Å². The van der Waals surface area contributed by atoms with Crippen LogP contribution in [0.4, 0.5) is 0 Å². The molecule has 0 aromatic rings. The van der Waals surface area contributed by atoms with Gasteiger partial charge in [-0.2, -0.15) is 0 Å². The van der Waals surface area contributed by atoms with Crippen molar-refractivity contribution in [3.8, 4) is 0 Å². The number of aliphatic hydroxyl groups excluding tert-OH is 1. The summed E-state index contributed by atoms with van der Waals surface area (Å²) in [4.78, 5) is 2.34. The van der Waals surface area contributed by atoms with Gasteiger partial charge in [-0.3, -0.25) is 0 Å². The van der Waals surface area contributed by atoms with E-state index in [4.69, 9.17) is 4.74 Å². The molecule has 16 heavy (non-hydrogen) atoms. The van der Waals surface area contributed by atoms with Gasteiger partial charge in [-0.15, -0.1) is 0 Å². The molecule has 2 rings (SSSR count). The molecule has 2 saturated heterocycles. The molecule has 0 bridgehead atoms. The molecule has 4 nitrogen and oxygen atoms in total. The van der Waals surface area contributed by atoms with Crippen molar-refractivity contribution >= 4 is 0 Å². The summed E-state index contributed by atoms with van der Waals surface area (Å²) in [5, 5.41) is 20.4. The lowest BCUT2D eigenvalue weighted by molar-refractivity contribution is -0.139.